The zero-order valence-electron chi connectivity index (χ0n) is 19.1. The van der Waals surface area contributed by atoms with Crippen molar-refractivity contribution in [1.29, 1.82) is 0 Å². The van der Waals surface area contributed by atoms with Crippen molar-refractivity contribution in [2.24, 2.45) is 0 Å². The number of hydrogen-bond acceptors (Lipinski definition) is 1. The Morgan fingerprint density at radius 3 is 1.33 bits per heavy atom. The Labute approximate surface area is 172 Å². The number of aliphatic hydroxyl groups excluding tert-OH is 1. The molecule has 162 valence electrons. The van der Waals surface area contributed by atoms with Gasteiger partial charge in [0, 0.05) is 6.61 Å². The molecule has 0 atom stereocenters. The monoisotopic (exact) mass is 380 g/mol. The maximum atomic E-state index is 8.97. The van der Waals surface area contributed by atoms with Crippen LogP contribution in [0.5, 0.6) is 0 Å². The standard InChI is InChI=1S/C26H52O/c1-3-5-7-9-11-13-15-18-22-26(24-20-17-21-25-27)23-19-16-14-12-10-8-6-4-2/h24,27H,3-23,25H2,1-2H3. The Morgan fingerprint density at radius 1 is 0.519 bits per heavy atom. The van der Waals surface area contributed by atoms with Crippen LogP contribution < -0.4 is 0 Å². The summed E-state index contributed by atoms with van der Waals surface area (Å²) >= 11 is 0. The third-order valence-corrected chi connectivity index (χ3v) is 5.75. The molecule has 0 saturated carbocycles. The highest BCUT2D eigenvalue weighted by atomic mass is 16.2. The zero-order valence-corrected chi connectivity index (χ0v) is 19.1. The fraction of sp³-hybridized carbons (Fsp3) is 0.923. The van der Waals surface area contributed by atoms with E-state index in [-0.39, 0.29) is 0 Å². The Kier molecular flexibility index (Phi) is 23.5. The molecule has 0 bridgehead atoms. The Morgan fingerprint density at radius 2 is 0.926 bits per heavy atom. The maximum absolute atomic E-state index is 8.97. The van der Waals surface area contributed by atoms with Crippen molar-refractivity contribution < 1.29 is 5.11 Å². The molecule has 27 heavy (non-hydrogen) atoms. The van der Waals surface area contributed by atoms with E-state index >= 15 is 0 Å². The van der Waals surface area contributed by atoms with Crippen LogP contribution in [0.1, 0.15) is 149 Å². The summed E-state index contributed by atoms with van der Waals surface area (Å²) in [6, 6.07) is 0. The highest BCUT2D eigenvalue weighted by Gasteiger charge is 2.00. The second-order valence-electron chi connectivity index (χ2n) is 8.53. The predicted octanol–water partition coefficient (Wildman–Crippen LogP) is 9.14. The van der Waals surface area contributed by atoms with E-state index in [1.807, 2.05) is 0 Å². The molecule has 0 heterocycles. The van der Waals surface area contributed by atoms with Crippen LogP contribution in [0.15, 0.2) is 11.6 Å². The number of aliphatic hydroxyl groups is 1. The van der Waals surface area contributed by atoms with Crippen LogP contribution >= 0.6 is 0 Å². The van der Waals surface area contributed by atoms with Crippen LogP contribution in [0, 0.1) is 0 Å². The normalized spacial score (nSPS) is 11.1. The molecule has 0 aromatic rings. The minimum Gasteiger partial charge on any atom is -0.396 e. The van der Waals surface area contributed by atoms with Crippen molar-refractivity contribution >= 4 is 0 Å². The molecule has 0 spiro atoms. The van der Waals surface area contributed by atoms with Crippen molar-refractivity contribution in [3.8, 4) is 0 Å². The summed E-state index contributed by atoms with van der Waals surface area (Å²) in [4.78, 5) is 0. The lowest BCUT2D eigenvalue weighted by Crippen LogP contribution is -1.89. The van der Waals surface area contributed by atoms with Crippen LogP contribution in [-0.2, 0) is 0 Å². The average Bonchev–Trinajstić information content (AvgIpc) is 2.68. The van der Waals surface area contributed by atoms with E-state index in [1.165, 1.54) is 122 Å². The molecule has 0 aliphatic heterocycles. The molecule has 0 unspecified atom stereocenters. The van der Waals surface area contributed by atoms with E-state index in [4.69, 9.17) is 5.11 Å². The topological polar surface area (TPSA) is 20.2 Å². The summed E-state index contributed by atoms with van der Waals surface area (Å²) in [7, 11) is 0. The zero-order chi connectivity index (χ0) is 19.8. The van der Waals surface area contributed by atoms with Crippen LogP contribution in [-0.4, -0.2) is 11.7 Å². The lowest BCUT2D eigenvalue weighted by Gasteiger charge is -2.09. The van der Waals surface area contributed by atoms with Gasteiger partial charge in [0.25, 0.3) is 0 Å². The summed E-state index contributed by atoms with van der Waals surface area (Å²) in [6.45, 7) is 4.93. The van der Waals surface area contributed by atoms with Crippen molar-refractivity contribution in [2.45, 2.75) is 149 Å². The molecule has 0 saturated heterocycles. The lowest BCUT2D eigenvalue weighted by atomic mass is 9.98. The van der Waals surface area contributed by atoms with Gasteiger partial charge in [-0.25, -0.2) is 0 Å². The van der Waals surface area contributed by atoms with Gasteiger partial charge in [0.05, 0.1) is 0 Å². The van der Waals surface area contributed by atoms with Crippen LogP contribution in [0.2, 0.25) is 0 Å². The Hall–Kier alpha value is -0.300. The van der Waals surface area contributed by atoms with E-state index in [0.29, 0.717) is 6.61 Å². The quantitative estimate of drug-likeness (QED) is 0.147. The van der Waals surface area contributed by atoms with Gasteiger partial charge in [0.2, 0.25) is 0 Å². The molecule has 0 aromatic heterocycles. The van der Waals surface area contributed by atoms with Gasteiger partial charge in [0.1, 0.15) is 0 Å². The predicted molar refractivity (Wildman–Crippen MR) is 123 cm³/mol. The fourth-order valence-electron chi connectivity index (χ4n) is 3.86. The third kappa shape index (κ3) is 21.9. The molecule has 1 N–H and O–H groups in total. The van der Waals surface area contributed by atoms with Crippen LogP contribution in [0.4, 0.5) is 0 Å². The second-order valence-corrected chi connectivity index (χ2v) is 8.53. The molecular formula is C26H52O. The van der Waals surface area contributed by atoms with E-state index in [9.17, 15) is 0 Å². The van der Waals surface area contributed by atoms with Crippen molar-refractivity contribution in [3.05, 3.63) is 11.6 Å². The smallest absolute Gasteiger partial charge is 0.0431 e. The summed E-state index contributed by atoms with van der Waals surface area (Å²) in [5.74, 6) is 0. The van der Waals surface area contributed by atoms with Crippen molar-refractivity contribution in [3.63, 3.8) is 0 Å². The van der Waals surface area contributed by atoms with Gasteiger partial charge in [-0.2, -0.15) is 0 Å². The third-order valence-electron chi connectivity index (χ3n) is 5.75. The molecule has 0 rings (SSSR count). The summed E-state index contributed by atoms with van der Waals surface area (Å²) in [5, 5.41) is 8.97. The maximum Gasteiger partial charge on any atom is 0.0431 e. The Bertz CT molecular complexity index is 273. The SMILES string of the molecule is CCCCCCCCCCC(=CCCCCO)CCCCCCCCCC. The van der Waals surface area contributed by atoms with Crippen LogP contribution in [0.25, 0.3) is 0 Å². The van der Waals surface area contributed by atoms with E-state index in [1.54, 1.807) is 5.57 Å². The van der Waals surface area contributed by atoms with Crippen LogP contribution in [0.3, 0.4) is 0 Å². The summed E-state index contributed by atoms with van der Waals surface area (Å²) < 4.78 is 0. The van der Waals surface area contributed by atoms with Gasteiger partial charge in [-0.15, -0.1) is 0 Å². The van der Waals surface area contributed by atoms with E-state index < -0.39 is 0 Å². The first-order chi connectivity index (χ1) is 13.3. The van der Waals surface area contributed by atoms with Gasteiger partial charge < -0.3 is 5.11 Å². The molecule has 1 nitrogen and oxygen atoms in total. The fourth-order valence-corrected chi connectivity index (χ4v) is 3.86. The highest BCUT2D eigenvalue weighted by Crippen LogP contribution is 2.20. The van der Waals surface area contributed by atoms with Crippen molar-refractivity contribution in [1.82, 2.24) is 0 Å². The van der Waals surface area contributed by atoms with Gasteiger partial charge in [-0.1, -0.05) is 115 Å². The molecule has 0 radical (unpaired) electrons. The molecular weight excluding hydrogens is 328 g/mol. The number of allylic oxidation sites excluding steroid dienone is 2. The summed E-state index contributed by atoms with van der Waals surface area (Å²) in [5.41, 5.74) is 1.71. The van der Waals surface area contributed by atoms with Gasteiger partial charge in [-0.05, 0) is 44.9 Å². The summed E-state index contributed by atoms with van der Waals surface area (Å²) in [6.07, 6.45) is 31.1. The molecule has 0 aliphatic rings. The molecule has 0 fully saturated rings. The van der Waals surface area contributed by atoms with E-state index in [0.717, 1.165) is 12.8 Å². The largest absolute Gasteiger partial charge is 0.396 e. The molecule has 0 amide bonds. The highest BCUT2D eigenvalue weighted by molar-refractivity contribution is 5.01. The lowest BCUT2D eigenvalue weighted by molar-refractivity contribution is 0.285. The molecule has 0 aromatic carbocycles. The van der Waals surface area contributed by atoms with Gasteiger partial charge in [-0.3, -0.25) is 0 Å². The van der Waals surface area contributed by atoms with Crippen molar-refractivity contribution in [2.75, 3.05) is 6.61 Å². The first kappa shape index (κ1) is 26.7. The van der Waals surface area contributed by atoms with E-state index in [2.05, 4.69) is 19.9 Å². The first-order valence-electron chi connectivity index (χ1n) is 12.6. The minimum atomic E-state index is 0.346. The van der Waals surface area contributed by atoms with Gasteiger partial charge >= 0.3 is 0 Å². The van der Waals surface area contributed by atoms with Gasteiger partial charge in [0.15, 0.2) is 0 Å². The molecule has 0 aliphatic carbocycles. The number of unbranched alkanes of at least 4 members (excludes halogenated alkanes) is 16. The number of hydrogen-bond donors (Lipinski definition) is 1. The second kappa shape index (κ2) is 23.7. The average molecular weight is 381 g/mol. The molecule has 1 heteroatoms. The number of rotatable bonds is 22. The minimum absolute atomic E-state index is 0.346. The first-order valence-corrected chi connectivity index (χ1v) is 12.6. The Balaban J connectivity index is 3.80.